The third-order valence-electron chi connectivity index (χ3n) is 6.67. The Kier molecular flexibility index (Phi) is 7.80. The smallest absolute Gasteiger partial charge is 0.329 e. The predicted octanol–water partition coefficient (Wildman–Crippen LogP) is 2.84. The highest BCUT2D eigenvalue weighted by atomic mass is 16.6. The largest absolute Gasteiger partial charge is 0.464 e. The summed E-state index contributed by atoms with van der Waals surface area (Å²) < 4.78 is 11.2. The number of ether oxygens (including phenoxy) is 2. The fourth-order valence-corrected chi connectivity index (χ4v) is 5.34. The minimum absolute atomic E-state index is 0.109. The van der Waals surface area contributed by atoms with Gasteiger partial charge in [0.2, 0.25) is 6.04 Å². The van der Waals surface area contributed by atoms with Gasteiger partial charge in [-0.25, -0.2) is 9.78 Å². The van der Waals surface area contributed by atoms with Gasteiger partial charge >= 0.3 is 5.97 Å². The van der Waals surface area contributed by atoms with Crippen LogP contribution in [0.5, 0.6) is 0 Å². The first kappa shape index (κ1) is 25.9. The molecule has 3 heterocycles. The Balaban J connectivity index is 2.27. The predicted molar refractivity (Wildman–Crippen MR) is 126 cm³/mol. The van der Waals surface area contributed by atoms with Crippen molar-refractivity contribution in [2.24, 2.45) is 11.3 Å². The fourth-order valence-electron chi connectivity index (χ4n) is 5.34. The summed E-state index contributed by atoms with van der Waals surface area (Å²) in [6.45, 7) is 7.81. The second-order valence-electron chi connectivity index (χ2n) is 10.2. The molecule has 0 radical (unpaired) electrons. The molecule has 1 amide bonds. The van der Waals surface area contributed by atoms with E-state index in [9.17, 15) is 19.7 Å². The van der Waals surface area contributed by atoms with Crippen LogP contribution in [0.2, 0.25) is 0 Å². The van der Waals surface area contributed by atoms with Crippen LogP contribution in [0.3, 0.4) is 0 Å². The number of hydrogen-bond donors (Lipinski definition) is 0. The highest BCUT2D eigenvalue weighted by Crippen LogP contribution is 2.51. The van der Waals surface area contributed by atoms with Crippen LogP contribution in [0.4, 0.5) is 5.82 Å². The third-order valence-corrected chi connectivity index (χ3v) is 6.67. The molecular weight excluding hydrogens is 440 g/mol. The zero-order valence-corrected chi connectivity index (χ0v) is 20.9. The van der Waals surface area contributed by atoms with Crippen molar-refractivity contribution >= 4 is 17.7 Å². The van der Waals surface area contributed by atoms with Gasteiger partial charge in [-0.1, -0.05) is 26.8 Å². The molecule has 1 aromatic heterocycles. The average Bonchev–Trinajstić information content (AvgIpc) is 3.16. The molecular formula is C24H36N4O6. The van der Waals surface area contributed by atoms with Gasteiger partial charge in [-0.3, -0.25) is 14.9 Å². The number of amides is 1. The van der Waals surface area contributed by atoms with Crippen molar-refractivity contribution in [3.05, 3.63) is 34.0 Å². The molecule has 1 aromatic rings. The van der Waals surface area contributed by atoms with E-state index in [1.807, 2.05) is 20.8 Å². The number of nitrogens with zero attached hydrogens (tertiary/aromatic N) is 4. The molecule has 3 rings (SSSR count). The van der Waals surface area contributed by atoms with Crippen molar-refractivity contribution in [2.45, 2.75) is 71.2 Å². The molecule has 0 unspecified atom stereocenters. The number of anilines is 1. The number of rotatable bonds is 6. The molecule has 2 saturated heterocycles. The van der Waals surface area contributed by atoms with Crippen LogP contribution < -0.4 is 4.90 Å². The normalized spacial score (nSPS) is 27.4. The van der Waals surface area contributed by atoms with Gasteiger partial charge < -0.3 is 19.3 Å². The maximum absolute atomic E-state index is 14.0. The van der Waals surface area contributed by atoms with Crippen LogP contribution in [0, 0.1) is 21.4 Å². The molecule has 0 saturated carbocycles. The Bertz CT molecular complexity index is 909. The van der Waals surface area contributed by atoms with Crippen molar-refractivity contribution < 1.29 is 24.0 Å². The summed E-state index contributed by atoms with van der Waals surface area (Å²) in [6, 6.07) is 0.0953. The van der Waals surface area contributed by atoms with Crippen molar-refractivity contribution in [1.82, 2.24) is 9.88 Å². The zero-order valence-electron chi connectivity index (χ0n) is 20.9. The first-order valence-corrected chi connectivity index (χ1v) is 11.9. The number of likely N-dealkylation sites (tertiary alicyclic amines) is 1. The molecule has 2 fully saturated rings. The number of pyridine rings is 1. The standard InChI is InChI=1S/C24H36N4O6/c1-7-33-23(30)20-17(24(2,3)4)19(28(31)32)18(15-11-10-13-25-21(15)26(5)6)27(20)22(29)16-12-8-9-14-34-16/h10-11,13,16-20H,7-9,12,14H2,1-6H3/t16-,17+,18+,19+,20+/m1/s1. The van der Waals surface area contributed by atoms with E-state index < -0.39 is 47.4 Å². The van der Waals surface area contributed by atoms with Crippen LogP contribution in [0.25, 0.3) is 0 Å². The third kappa shape index (κ3) is 4.87. The summed E-state index contributed by atoms with van der Waals surface area (Å²) in [7, 11) is 3.59. The summed E-state index contributed by atoms with van der Waals surface area (Å²) in [6.07, 6.45) is 3.03. The lowest BCUT2D eigenvalue weighted by Crippen LogP contribution is -2.51. The van der Waals surface area contributed by atoms with Crippen molar-refractivity contribution in [1.29, 1.82) is 0 Å². The second-order valence-corrected chi connectivity index (χ2v) is 10.2. The Hall–Kier alpha value is -2.75. The van der Waals surface area contributed by atoms with Crippen LogP contribution in [-0.2, 0) is 19.1 Å². The number of aromatic nitrogens is 1. The molecule has 188 valence electrons. The topological polar surface area (TPSA) is 115 Å². The number of nitro groups is 1. The van der Waals surface area contributed by atoms with Gasteiger partial charge in [-0.2, -0.15) is 0 Å². The van der Waals surface area contributed by atoms with Gasteiger partial charge in [0.1, 0.15) is 24.0 Å². The first-order chi connectivity index (χ1) is 16.0. The lowest BCUT2D eigenvalue weighted by Gasteiger charge is -2.35. The molecule has 0 aliphatic carbocycles. The minimum Gasteiger partial charge on any atom is -0.464 e. The van der Waals surface area contributed by atoms with Crippen LogP contribution >= 0.6 is 0 Å². The SMILES string of the molecule is CCOC(=O)[C@@H]1[C@@H](C(C)(C)C)[C@H]([N+](=O)[O-])[C@H](c2cccnc2N(C)C)N1C(=O)[C@H]1CCCCO1. The lowest BCUT2D eigenvalue weighted by atomic mass is 9.73. The van der Waals surface area contributed by atoms with E-state index in [0.29, 0.717) is 24.4 Å². The average molecular weight is 477 g/mol. The summed E-state index contributed by atoms with van der Waals surface area (Å²) in [5, 5.41) is 12.6. The quantitative estimate of drug-likeness (QED) is 0.350. The molecule has 0 aromatic carbocycles. The Morgan fingerprint density at radius 3 is 2.56 bits per heavy atom. The monoisotopic (exact) mass is 476 g/mol. The summed E-state index contributed by atoms with van der Waals surface area (Å²) in [5.74, 6) is -1.31. The van der Waals surface area contributed by atoms with Crippen LogP contribution in [0.15, 0.2) is 18.3 Å². The lowest BCUT2D eigenvalue weighted by molar-refractivity contribution is -0.536. The van der Waals surface area contributed by atoms with Gasteiger partial charge in [0.15, 0.2) is 0 Å². The van der Waals surface area contributed by atoms with Gasteiger partial charge in [-0.05, 0) is 37.7 Å². The van der Waals surface area contributed by atoms with Crippen LogP contribution in [-0.4, -0.2) is 72.2 Å². The van der Waals surface area contributed by atoms with E-state index in [2.05, 4.69) is 4.98 Å². The summed E-state index contributed by atoms with van der Waals surface area (Å²) in [4.78, 5) is 47.2. The molecule has 0 N–H and O–H groups in total. The fraction of sp³-hybridized carbons (Fsp3) is 0.708. The zero-order chi connectivity index (χ0) is 25.2. The molecule has 0 bridgehead atoms. The van der Waals surface area contributed by atoms with Gasteiger partial charge in [0.05, 0.1) is 12.5 Å². The first-order valence-electron chi connectivity index (χ1n) is 11.9. The highest BCUT2D eigenvalue weighted by molar-refractivity contribution is 5.89. The van der Waals surface area contributed by atoms with Gasteiger partial charge in [0.25, 0.3) is 5.91 Å². The van der Waals surface area contributed by atoms with Gasteiger partial charge in [0, 0.05) is 37.4 Å². The molecule has 5 atom stereocenters. The number of carbonyl (C=O) groups excluding carboxylic acids is 2. The highest BCUT2D eigenvalue weighted by Gasteiger charge is 2.65. The number of carbonyl (C=O) groups is 2. The molecule has 2 aliphatic rings. The Morgan fingerprint density at radius 1 is 1.32 bits per heavy atom. The molecule has 34 heavy (non-hydrogen) atoms. The van der Waals surface area contributed by atoms with E-state index in [-0.39, 0.29) is 11.5 Å². The Labute approximate surface area is 200 Å². The summed E-state index contributed by atoms with van der Waals surface area (Å²) >= 11 is 0. The van der Waals surface area contributed by atoms with Crippen molar-refractivity contribution in [2.75, 3.05) is 32.2 Å². The van der Waals surface area contributed by atoms with Crippen LogP contribution in [0.1, 0.15) is 58.6 Å². The summed E-state index contributed by atoms with van der Waals surface area (Å²) in [5.41, 5.74) is -0.143. The van der Waals surface area contributed by atoms with E-state index in [1.165, 1.54) is 4.90 Å². The molecule has 2 aliphatic heterocycles. The maximum Gasteiger partial charge on any atom is 0.329 e. The molecule has 0 spiro atoms. The van der Waals surface area contributed by atoms with Crippen molar-refractivity contribution in [3.8, 4) is 0 Å². The van der Waals surface area contributed by atoms with E-state index in [0.717, 1.165) is 12.8 Å². The second kappa shape index (κ2) is 10.2. The Morgan fingerprint density at radius 2 is 2.03 bits per heavy atom. The van der Waals surface area contributed by atoms with E-state index >= 15 is 0 Å². The van der Waals surface area contributed by atoms with Crippen molar-refractivity contribution in [3.63, 3.8) is 0 Å². The van der Waals surface area contributed by atoms with E-state index in [1.54, 1.807) is 44.2 Å². The number of esters is 1. The minimum atomic E-state index is -1.23. The number of hydrogen-bond acceptors (Lipinski definition) is 8. The van der Waals surface area contributed by atoms with E-state index in [4.69, 9.17) is 9.47 Å². The molecule has 10 nitrogen and oxygen atoms in total. The molecule has 10 heteroatoms. The maximum atomic E-state index is 14.0. The van der Waals surface area contributed by atoms with Gasteiger partial charge in [-0.15, -0.1) is 0 Å².